The molecule has 0 N–H and O–H groups in total. The number of benzene rings is 1. The van der Waals surface area contributed by atoms with Crippen LogP contribution in [-0.4, -0.2) is 45.2 Å². The van der Waals surface area contributed by atoms with Crippen LogP contribution in [0.5, 0.6) is 17.2 Å². The van der Waals surface area contributed by atoms with Crippen LogP contribution in [0, 0.1) is 0 Å². The van der Waals surface area contributed by atoms with E-state index in [1.165, 1.54) is 26.5 Å². The maximum atomic E-state index is 13.0. The van der Waals surface area contributed by atoms with E-state index >= 15 is 0 Å². The van der Waals surface area contributed by atoms with E-state index in [1.54, 1.807) is 18.2 Å². The van der Waals surface area contributed by atoms with Crippen LogP contribution in [0.2, 0.25) is 5.02 Å². The van der Waals surface area contributed by atoms with Crippen molar-refractivity contribution in [2.24, 2.45) is 0 Å². The van der Waals surface area contributed by atoms with Crippen molar-refractivity contribution >= 4 is 17.4 Å². The first kappa shape index (κ1) is 20.0. The highest BCUT2D eigenvalue weighted by atomic mass is 35.5. The number of ether oxygens (including phenoxy) is 5. The molecule has 0 atom stereocenters. The third kappa shape index (κ3) is 4.85. The number of halogens is 1. The first-order valence-corrected chi connectivity index (χ1v) is 8.19. The van der Waals surface area contributed by atoms with E-state index in [0.29, 0.717) is 18.1 Å². The van der Waals surface area contributed by atoms with Gasteiger partial charge in [0.25, 0.3) is 0 Å². The smallest absolute Gasteiger partial charge is 0.218 e. The van der Waals surface area contributed by atoms with E-state index in [1.807, 2.05) is 6.92 Å². The molecule has 0 bridgehead atoms. The van der Waals surface area contributed by atoms with Gasteiger partial charge in [-0.2, -0.15) is 0 Å². The molecule has 1 aromatic carbocycles. The molecule has 0 unspecified atom stereocenters. The summed E-state index contributed by atoms with van der Waals surface area (Å²) < 4.78 is 26.2. The molecule has 1 aromatic heterocycles. The number of carbonyl (C=O) groups excluding carboxylic acids is 1. The van der Waals surface area contributed by atoms with Gasteiger partial charge in [-0.25, -0.2) is 4.98 Å². The van der Waals surface area contributed by atoms with Crippen molar-refractivity contribution in [3.05, 3.63) is 46.7 Å². The number of nitrogens with zero attached hydrogens (tertiary/aromatic N) is 1. The van der Waals surface area contributed by atoms with E-state index in [4.69, 9.17) is 35.3 Å². The lowest BCUT2D eigenvalue weighted by Crippen LogP contribution is -2.12. The lowest BCUT2D eigenvalue weighted by atomic mass is 10.1. The number of aromatic nitrogens is 1. The van der Waals surface area contributed by atoms with Gasteiger partial charge in [-0.3, -0.25) is 4.79 Å². The number of pyridine rings is 1. The minimum Gasteiger partial charge on any atom is -0.492 e. The molecule has 0 amide bonds. The van der Waals surface area contributed by atoms with Gasteiger partial charge in [0.05, 0.1) is 17.2 Å². The maximum Gasteiger partial charge on any atom is 0.218 e. The molecule has 2 aromatic rings. The molecular weight excluding hydrogens is 362 g/mol. The topological polar surface area (TPSA) is 76.1 Å². The molecule has 8 heteroatoms. The Balaban J connectivity index is 2.45. The van der Waals surface area contributed by atoms with E-state index in [9.17, 15) is 4.79 Å². The minimum atomic E-state index is -0.409. The minimum absolute atomic E-state index is 0.0109. The summed E-state index contributed by atoms with van der Waals surface area (Å²) in [5, 5.41) is 0.287. The predicted molar refractivity (Wildman–Crippen MR) is 95.3 cm³/mol. The van der Waals surface area contributed by atoms with Crippen LogP contribution in [0.3, 0.4) is 0 Å². The van der Waals surface area contributed by atoms with Crippen molar-refractivity contribution in [1.29, 1.82) is 0 Å². The molecule has 7 nitrogen and oxygen atoms in total. The summed E-state index contributed by atoms with van der Waals surface area (Å²) in [6.07, 6.45) is 1.50. The quantitative estimate of drug-likeness (QED) is 0.461. The molecule has 140 valence electrons. The summed E-state index contributed by atoms with van der Waals surface area (Å²) in [6.45, 7) is 2.20. The highest BCUT2D eigenvalue weighted by Gasteiger charge is 2.22. The first-order valence-electron chi connectivity index (χ1n) is 7.81. The van der Waals surface area contributed by atoms with Crippen LogP contribution in [-0.2, 0) is 9.47 Å². The van der Waals surface area contributed by atoms with E-state index < -0.39 is 5.78 Å². The van der Waals surface area contributed by atoms with Crippen LogP contribution in [0.15, 0.2) is 30.5 Å². The second-order valence-electron chi connectivity index (χ2n) is 4.99. The predicted octanol–water partition coefficient (Wildman–Crippen LogP) is 3.33. The molecule has 0 spiro atoms. The Hall–Kier alpha value is -2.35. The first-order chi connectivity index (χ1) is 12.6. The van der Waals surface area contributed by atoms with E-state index in [0.717, 1.165) is 0 Å². The molecule has 2 rings (SSSR count). The van der Waals surface area contributed by atoms with Crippen molar-refractivity contribution in [3.63, 3.8) is 0 Å². The SMILES string of the molecule is CCOc1cc(OCOC)c(C(=O)c2ncccc2OCOC)cc1Cl. The van der Waals surface area contributed by atoms with E-state index in [2.05, 4.69) is 4.98 Å². The summed E-state index contributed by atoms with van der Waals surface area (Å²) in [6, 6.07) is 6.33. The van der Waals surface area contributed by atoms with Gasteiger partial charge in [0.2, 0.25) is 5.78 Å². The van der Waals surface area contributed by atoms with Gasteiger partial charge in [0.1, 0.15) is 11.5 Å². The highest BCUT2D eigenvalue weighted by molar-refractivity contribution is 6.32. The number of rotatable bonds is 10. The lowest BCUT2D eigenvalue weighted by Gasteiger charge is -2.15. The van der Waals surface area contributed by atoms with Gasteiger partial charge in [-0.15, -0.1) is 0 Å². The summed E-state index contributed by atoms with van der Waals surface area (Å²) in [7, 11) is 2.97. The summed E-state index contributed by atoms with van der Waals surface area (Å²) in [4.78, 5) is 17.2. The number of ketones is 1. The molecule has 26 heavy (non-hydrogen) atoms. The Bertz CT molecular complexity index is 752. The fourth-order valence-corrected chi connectivity index (χ4v) is 2.37. The zero-order chi connectivity index (χ0) is 18.9. The third-order valence-electron chi connectivity index (χ3n) is 3.23. The molecule has 0 aliphatic heterocycles. The normalized spacial score (nSPS) is 10.5. The number of hydrogen-bond donors (Lipinski definition) is 0. The van der Waals surface area contributed by atoms with Crippen molar-refractivity contribution < 1.29 is 28.5 Å². The number of carbonyl (C=O) groups is 1. The molecule has 0 saturated carbocycles. The van der Waals surface area contributed by atoms with Crippen molar-refractivity contribution in [3.8, 4) is 17.2 Å². The molecule has 0 radical (unpaired) electrons. The van der Waals surface area contributed by atoms with Crippen LogP contribution >= 0.6 is 11.6 Å². The Kier molecular flexibility index (Phi) is 7.65. The van der Waals surface area contributed by atoms with Crippen molar-refractivity contribution in [1.82, 2.24) is 4.98 Å². The van der Waals surface area contributed by atoms with Crippen molar-refractivity contribution in [2.75, 3.05) is 34.4 Å². The number of hydrogen-bond acceptors (Lipinski definition) is 7. The molecule has 0 saturated heterocycles. The second-order valence-corrected chi connectivity index (χ2v) is 5.40. The zero-order valence-electron chi connectivity index (χ0n) is 14.8. The van der Waals surface area contributed by atoms with Crippen LogP contribution in [0.4, 0.5) is 0 Å². The van der Waals surface area contributed by atoms with Gasteiger partial charge in [0.15, 0.2) is 25.0 Å². The molecule has 0 fully saturated rings. The van der Waals surface area contributed by atoms with Gasteiger partial charge in [0, 0.05) is 26.5 Å². The fraction of sp³-hybridized carbons (Fsp3) is 0.333. The Morgan fingerprint density at radius 2 is 1.73 bits per heavy atom. The zero-order valence-corrected chi connectivity index (χ0v) is 15.5. The fourth-order valence-electron chi connectivity index (χ4n) is 2.15. The molecule has 0 aliphatic carbocycles. The summed E-state index contributed by atoms with van der Waals surface area (Å²) in [5.74, 6) is 0.566. The largest absolute Gasteiger partial charge is 0.492 e. The molecule has 1 heterocycles. The van der Waals surface area contributed by atoms with Gasteiger partial charge >= 0.3 is 0 Å². The van der Waals surface area contributed by atoms with Gasteiger partial charge < -0.3 is 23.7 Å². The number of methoxy groups -OCH3 is 2. The van der Waals surface area contributed by atoms with Crippen LogP contribution < -0.4 is 14.2 Å². The monoisotopic (exact) mass is 381 g/mol. The molecular formula is C18H20ClNO6. The highest BCUT2D eigenvalue weighted by Crippen LogP contribution is 2.35. The third-order valence-corrected chi connectivity index (χ3v) is 3.52. The average molecular weight is 382 g/mol. The van der Waals surface area contributed by atoms with Crippen LogP contribution in [0.25, 0.3) is 0 Å². The molecule has 0 aliphatic rings. The van der Waals surface area contributed by atoms with Gasteiger partial charge in [-0.1, -0.05) is 11.6 Å². The summed E-state index contributed by atoms with van der Waals surface area (Å²) >= 11 is 6.23. The van der Waals surface area contributed by atoms with E-state index in [-0.39, 0.29) is 35.6 Å². The second kappa shape index (κ2) is 9.96. The Morgan fingerprint density at radius 1 is 1.04 bits per heavy atom. The van der Waals surface area contributed by atoms with Crippen molar-refractivity contribution in [2.45, 2.75) is 6.92 Å². The van der Waals surface area contributed by atoms with Crippen LogP contribution in [0.1, 0.15) is 23.0 Å². The maximum absolute atomic E-state index is 13.0. The Morgan fingerprint density at radius 3 is 2.38 bits per heavy atom. The van der Waals surface area contributed by atoms with Gasteiger partial charge in [-0.05, 0) is 25.1 Å². The summed E-state index contributed by atoms with van der Waals surface area (Å²) in [5.41, 5.74) is 0.337. The Labute approximate surface area is 156 Å². The average Bonchev–Trinajstić information content (AvgIpc) is 2.66. The standard InChI is InChI=1S/C18H20ClNO6/c1-4-24-16-9-15(26-11-23-3)12(8-13(16)19)18(21)17-14(25-10-22-2)6-5-7-20-17/h5-9H,4,10-11H2,1-3H3. The lowest BCUT2D eigenvalue weighted by molar-refractivity contribution is 0.0491.